The molecule has 0 unspecified atom stereocenters. The highest BCUT2D eigenvalue weighted by Crippen LogP contribution is 2.29. The van der Waals surface area contributed by atoms with Gasteiger partial charge in [-0.1, -0.05) is 34.1 Å². The van der Waals surface area contributed by atoms with Crippen LogP contribution in [0.4, 0.5) is 0 Å². The van der Waals surface area contributed by atoms with Gasteiger partial charge in [-0.05, 0) is 30.7 Å². The average Bonchev–Trinajstić information content (AvgIpc) is 2.66. The number of benzene rings is 2. The van der Waals surface area contributed by atoms with Gasteiger partial charge in [-0.25, -0.2) is 0 Å². The summed E-state index contributed by atoms with van der Waals surface area (Å²) >= 11 is 3.50. The number of phenols is 1. The molecule has 3 rings (SSSR count). The van der Waals surface area contributed by atoms with Crippen molar-refractivity contribution in [3.8, 4) is 11.5 Å². The Hall–Kier alpha value is -1.52. The molecule has 0 radical (unpaired) electrons. The van der Waals surface area contributed by atoms with Gasteiger partial charge in [0.25, 0.3) is 0 Å². The van der Waals surface area contributed by atoms with E-state index in [-0.39, 0.29) is 0 Å². The van der Waals surface area contributed by atoms with Crippen molar-refractivity contribution in [2.24, 2.45) is 0 Å². The molecule has 21 heavy (non-hydrogen) atoms. The molecule has 4 heteroatoms. The molecule has 1 N–H and O–H groups in total. The predicted octanol–water partition coefficient (Wildman–Crippen LogP) is 3.86. The van der Waals surface area contributed by atoms with Crippen LogP contribution in [0.3, 0.4) is 0 Å². The Morgan fingerprint density at radius 2 is 2.10 bits per heavy atom. The van der Waals surface area contributed by atoms with Crippen molar-refractivity contribution >= 4 is 15.9 Å². The zero-order chi connectivity index (χ0) is 14.8. The largest absolute Gasteiger partial charge is 0.507 e. The molecule has 0 aromatic heterocycles. The first kappa shape index (κ1) is 14.4. The number of nitrogens with zero attached hydrogens (tertiary/aromatic N) is 1. The SMILES string of the molecule is Cc1cc(Br)cc(CN2CCOc3ccccc3C2)c1O. The summed E-state index contributed by atoms with van der Waals surface area (Å²) in [5, 5.41) is 10.2. The third-order valence-electron chi connectivity index (χ3n) is 3.77. The van der Waals surface area contributed by atoms with Gasteiger partial charge < -0.3 is 9.84 Å². The molecule has 3 nitrogen and oxygen atoms in total. The van der Waals surface area contributed by atoms with E-state index in [9.17, 15) is 5.11 Å². The van der Waals surface area contributed by atoms with Crippen LogP contribution in [0.5, 0.6) is 11.5 Å². The van der Waals surface area contributed by atoms with Crippen molar-refractivity contribution in [2.75, 3.05) is 13.2 Å². The highest BCUT2D eigenvalue weighted by Gasteiger charge is 2.17. The molecule has 0 aliphatic carbocycles. The van der Waals surface area contributed by atoms with E-state index < -0.39 is 0 Å². The minimum Gasteiger partial charge on any atom is -0.507 e. The average molecular weight is 348 g/mol. The third kappa shape index (κ3) is 3.22. The fourth-order valence-corrected chi connectivity index (χ4v) is 3.30. The number of halogens is 1. The van der Waals surface area contributed by atoms with Crippen molar-refractivity contribution in [1.82, 2.24) is 4.90 Å². The summed E-state index contributed by atoms with van der Waals surface area (Å²) in [5.74, 6) is 1.35. The number of rotatable bonds is 2. The Morgan fingerprint density at radius 3 is 2.95 bits per heavy atom. The highest BCUT2D eigenvalue weighted by atomic mass is 79.9. The summed E-state index contributed by atoms with van der Waals surface area (Å²) in [6, 6.07) is 12.1. The van der Waals surface area contributed by atoms with Gasteiger partial charge in [0.2, 0.25) is 0 Å². The van der Waals surface area contributed by atoms with E-state index >= 15 is 0 Å². The number of fused-ring (bicyclic) bond motifs is 1. The maximum Gasteiger partial charge on any atom is 0.123 e. The van der Waals surface area contributed by atoms with Gasteiger partial charge in [-0.3, -0.25) is 4.90 Å². The summed E-state index contributed by atoms with van der Waals surface area (Å²) in [7, 11) is 0. The van der Waals surface area contributed by atoms with Crippen molar-refractivity contribution in [2.45, 2.75) is 20.0 Å². The van der Waals surface area contributed by atoms with Crippen molar-refractivity contribution < 1.29 is 9.84 Å². The first-order chi connectivity index (χ1) is 10.1. The molecule has 0 bridgehead atoms. The van der Waals surface area contributed by atoms with Crippen LogP contribution in [0.25, 0.3) is 0 Å². The van der Waals surface area contributed by atoms with Crippen molar-refractivity contribution in [1.29, 1.82) is 0 Å². The molecule has 0 atom stereocenters. The lowest BCUT2D eigenvalue weighted by Crippen LogP contribution is -2.25. The van der Waals surface area contributed by atoms with E-state index in [1.807, 2.05) is 37.3 Å². The Kier molecular flexibility index (Phi) is 4.17. The van der Waals surface area contributed by atoms with Gasteiger partial charge in [0.15, 0.2) is 0 Å². The molecule has 110 valence electrons. The lowest BCUT2D eigenvalue weighted by molar-refractivity contribution is 0.217. The maximum absolute atomic E-state index is 10.2. The van der Waals surface area contributed by atoms with E-state index in [1.54, 1.807) is 0 Å². The Balaban J connectivity index is 1.83. The number of para-hydroxylation sites is 1. The van der Waals surface area contributed by atoms with Gasteiger partial charge in [0.1, 0.15) is 18.1 Å². The number of aromatic hydroxyl groups is 1. The Labute approximate surface area is 133 Å². The Morgan fingerprint density at radius 1 is 1.29 bits per heavy atom. The van der Waals surface area contributed by atoms with Gasteiger partial charge >= 0.3 is 0 Å². The first-order valence-corrected chi connectivity index (χ1v) is 7.84. The summed E-state index contributed by atoms with van der Waals surface area (Å²) in [6.07, 6.45) is 0. The number of hydrogen-bond donors (Lipinski definition) is 1. The van der Waals surface area contributed by atoms with Gasteiger partial charge in [-0.2, -0.15) is 0 Å². The second-order valence-electron chi connectivity index (χ2n) is 5.40. The third-order valence-corrected chi connectivity index (χ3v) is 4.23. The Bertz CT molecular complexity index is 657. The number of phenolic OH excluding ortho intramolecular Hbond substituents is 1. The van der Waals surface area contributed by atoms with Crippen LogP contribution in [0.15, 0.2) is 40.9 Å². The molecule has 1 aliphatic rings. The molecule has 1 heterocycles. The summed E-state index contributed by atoms with van der Waals surface area (Å²) in [6.45, 7) is 4.99. The summed E-state index contributed by atoms with van der Waals surface area (Å²) in [4.78, 5) is 2.30. The quantitative estimate of drug-likeness (QED) is 0.895. The molecular weight excluding hydrogens is 330 g/mol. The van der Waals surface area contributed by atoms with Gasteiger partial charge in [-0.15, -0.1) is 0 Å². The van der Waals surface area contributed by atoms with Crippen LogP contribution in [-0.4, -0.2) is 23.2 Å². The van der Waals surface area contributed by atoms with E-state index in [4.69, 9.17) is 4.74 Å². The normalized spacial score (nSPS) is 15.1. The van der Waals surface area contributed by atoms with Crippen LogP contribution in [0.1, 0.15) is 16.7 Å². The second-order valence-corrected chi connectivity index (χ2v) is 6.31. The highest BCUT2D eigenvalue weighted by molar-refractivity contribution is 9.10. The van der Waals surface area contributed by atoms with E-state index in [0.29, 0.717) is 18.9 Å². The van der Waals surface area contributed by atoms with Crippen LogP contribution in [0.2, 0.25) is 0 Å². The number of hydrogen-bond acceptors (Lipinski definition) is 3. The maximum atomic E-state index is 10.2. The molecular formula is C17H18BrNO2. The first-order valence-electron chi connectivity index (χ1n) is 7.04. The van der Waals surface area contributed by atoms with Crippen molar-refractivity contribution in [3.63, 3.8) is 0 Å². The minimum atomic E-state index is 0.386. The fourth-order valence-electron chi connectivity index (χ4n) is 2.68. The molecule has 0 amide bonds. The van der Waals surface area contributed by atoms with Crippen LogP contribution in [-0.2, 0) is 13.1 Å². The van der Waals surface area contributed by atoms with Gasteiger partial charge in [0, 0.05) is 35.2 Å². The van der Waals surface area contributed by atoms with E-state index in [2.05, 4.69) is 26.9 Å². The van der Waals surface area contributed by atoms with E-state index in [0.717, 1.165) is 34.4 Å². The molecule has 0 spiro atoms. The lowest BCUT2D eigenvalue weighted by atomic mass is 10.1. The van der Waals surface area contributed by atoms with Gasteiger partial charge in [0.05, 0.1) is 0 Å². The molecule has 1 aliphatic heterocycles. The fraction of sp³-hybridized carbons (Fsp3) is 0.294. The topological polar surface area (TPSA) is 32.7 Å². The van der Waals surface area contributed by atoms with E-state index in [1.165, 1.54) is 5.56 Å². The zero-order valence-electron chi connectivity index (χ0n) is 12.0. The van der Waals surface area contributed by atoms with Crippen LogP contribution in [0, 0.1) is 6.92 Å². The number of ether oxygens (including phenoxy) is 1. The standard InChI is InChI=1S/C17H18BrNO2/c1-12-8-15(18)9-14(17(12)20)11-19-6-7-21-16-5-3-2-4-13(16)10-19/h2-5,8-9,20H,6-7,10-11H2,1H3. The summed E-state index contributed by atoms with van der Waals surface area (Å²) in [5.41, 5.74) is 3.04. The van der Waals surface area contributed by atoms with Crippen LogP contribution >= 0.6 is 15.9 Å². The van der Waals surface area contributed by atoms with Crippen LogP contribution < -0.4 is 4.74 Å². The molecule has 0 fully saturated rings. The second kappa shape index (κ2) is 6.08. The minimum absolute atomic E-state index is 0.386. The molecule has 2 aromatic rings. The predicted molar refractivity (Wildman–Crippen MR) is 86.6 cm³/mol. The number of aryl methyl sites for hydroxylation is 1. The lowest BCUT2D eigenvalue weighted by Gasteiger charge is -2.20. The smallest absolute Gasteiger partial charge is 0.123 e. The molecule has 2 aromatic carbocycles. The zero-order valence-corrected chi connectivity index (χ0v) is 13.6. The van der Waals surface area contributed by atoms with Crippen molar-refractivity contribution in [3.05, 3.63) is 57.6 Å². The molecule has 0 saturated heterocycles. The molecule has 0 saturated carbocycles. The monoisotopic (exact) mass is 347 g/mol. The summed E-state index contributed by atoms with van der Waals surface area (Å²) < 4.78 is 6.78.